The van der Waals surface area contributed by atoms with Crippen LogP contribution in [0.5, 0.6) is 0 Å². The number of hydrogen-bond donors (Lipinski definition) is 0. The van der Waals surface area contributed by atoms with Crippen LogP contribution in [-0.4, -0.2) is 62.2 Å². The quantitative estimate of drug-likeness (QED) is 0.361. The van der Waals surface area contributed by atoms with E-state index in [1.54, 1.807) is 8.61 Å². The van der Waals surface area contributed by atoms with Gasteiger partial charge in [0.15, 0.2) is 11.6 Å². The molecule has 0 N–H and O–H groups in total. The van der Waals surface area contributed by atoms with Crippen LogP contribution in [0.3, 0.4) is 0 Å². The summed E-state index contributed by atoms with van der Waals surface area (Å²) in [7, 11) is -7.75. The summed E-state index contributed by atoms with van der Waals surface area (Å²) in [6.45, 7) is 4.92. The number of fused-ring (bicyclic) bond motifs is 2. The number of carbonyl (C=O) groups excluding carboxylic acids is 2. The van der Waals surface area contributed by atoms with Gasteiger partial charge in [0.05, 0.1) is 9.79 Å². The maximum atomic E-state index is 13.7. The van der Waals surface area contributed by atoms with E-state index in [0.29, 0.717) is 13.1 Å². The molecule has 0 radical (unpaired) electrons. The molecule has 2 unspecified atom stereocenters. The van der Waals surface area contributed by atoms with Gasteiger partial charge in [0.2, 0.25) is 20.0 Å². The van der Waals surface area contributed by atoms with Gasteiger partial charge in [-0.15, -0.1) is 0 Å². The Morgan fingerprint density at radius 3 is 1.43 bits per heavy atom. The average molecular weight is 587 g/mol. The predicted octanol–water partition coefficient (Wildman–Crippen LogP) is 5.15. The lowest BCUT2D eigenvalue weighted by molar-refractivity contribution is 0.0978. The molecule has 5 rings (SSSR count). The van der Waals surface area contributed by atoms with Crippen molar-refractivity contribution in [2.24, 2.45) is 0 Å². The highest BCUT2D eigenvalue weighted by Crippen LogP contribution is 2.35. The minimum absolute atomic E-state index is 0.000920. The van der Waals surface area contributed by atoms with Crippen LogP contribution in [0.2, 0.25) is 0 Å². The highest BCUT2D eigenvalue weighted by atomic mass is 32.2. The van der Waals surface area contributed by atoms with E-state index < -0.39 is 31.6 Å². The van der Waals surface area contributed by atoms with Crippen molar-refractivity contribution in [2.45, 2.75) is 99.9 Å². The second-order valence-corrected chi connectivity index (χ2v) is 15.0. The minimum atomic E-state index is -3.88. The van der Waals surface area contributed by atoms with Gasteiger partial charge in [-0.25, -0.2) is 16.8 Å². The zero-order valence-corrected chi connectivity index (χ0v) is 24.9. The Morgan fingerprint density at radius 2 is 1.02 bits per heavy atom. The van der Waals surface area contributed by atoms with Gasteiger partial charge in [-0.05, 0) is 74.9 Å². The number of piperidine rings is 2. The van der Waals surface area contributed by atoms with E-state index in [0.717, 1.165) is 64.2 Å². The van der Waals surface area contributed by atoms with Crippen LogP contribution >= 0.6 is 0 Å². The molecule has 2 saturated heterocycles. The second kappa shape index (κ2) is 11.5. The van der Waals surface area contributed by atoms with Gasteiger partial charge in [0.1, 0.15) is 0 Å². The van der Waals surface area contributed by atoms with Crippen LogP contribution in [0.15, 0.2) is 46.2 Å². The molecular weight excluding hydrogens is 548 g/mol. The van der Waals surface area contributed by atoms with E-state index in [1.165, 1.54) is 36.4 Å². The van der Waals surface area contributed by atoms with Crippen molar-refractivity contribution in [2.75, 3.05) is 13.1 Å². The molecule has 10 heteroatoms. The third-order valence-corrected chi connectivity index (χ3v) is 12.5. The minimum Gasteiger partial charge on any atom is -0.289 e. The molecule has 1 aliphatic carbocycles. The van der Waals surface area contributed by atoms with Gasteiger partial charge in [-0.2, -0.15) is 8.61 Å². The Morgan fingerprint density at radius 1 is 0.625 bits per heavy atom. The van der Waals surface area contributed by atoms with Crippen LogP contribution in [0.4, 0.5) is 0 Å². The summed E-state index contributed by atoms with van der Waals surface area (Å²) in [5.74, 6) is -0.952. The highest BCUT2D eigenvalue weighted by Gasteiger charge is 2.38. The van der Waals surface area contributed by atoms with Crippen molar-refractivity contribution in [3.05, 3.63) is 58.7 Å². The summed E-state index contributed by atoms with van der Waals surface area (Å²) < 4.78 is 57.8. The predicted molar refractivity (Wildman–Crippen MR) is 153 cm³/mol. The lowest BCUT2D eigenvalue weighted by Crippen LogP contribution is -2.43. The largest absolute Gasteiger partial charge is 0.289 e. The maximum Gasteiger partial charge on any atom is 0.243 e. The Hall–Kier alpha value is -2.40. The molecule has 0 aromatic heterocycles. The standard InChI is InChI=1S/C30H38N2O6S2/c1-3-9-21-11-5-7-17-31(21)39(35,36)23-13-15-25-27(19-23)30(34)28-20-24(14-16-26(28)29(25)33)40(37,38)32-18-8-6-12-22(32)10-4-2/h13-16,19-22H,3-12,17-18H2,1-2H3. The molecule has 0 bridgehead atoms. The fraction of sp³-hybridized carbons (Fsp3) is 0.533. The Kier molecular flexibility index (Phi) is 8.34. The summed E-state index contributed by atoms with van der Waals surface area (Å²) in [5.41, 5.74) is 0.266. The summed E-state index contributed by atoms with van der Waals surface area (Å²) in [6.07, 6.45) is 8.39. The van der Waals surface area contributed by atoms with Crippen LogP contribution in [0, 0.1) is 0 Å². The van der Waals surface area contributed by atoms with E-state index in [-0.39, 0.29) is 44.1 Å². The molecule has 3 aliphatic rings. The number of sulfonamides is 2. The highest BCUT2D eigenvalue weighted by molar-refractivity contribution is 7.89. The Balaban J connectivity index is 1.51. The van der Waals surface area contributed by atoms with Gasteiger partial charge >= 0.3 is 0 Å². The van der Waals surface area contributed by atoms with Crippen LogP contribution in [-0.2, 0) is 20.0 Å². The monoisotopic (exact) mass is 586 g/mol. The molecule has 0 spiro atoms. The SMILES string of the molecule is CCCC1CCCCN1S(=O)(=O)c1ccc2c(c1)C(=O)c1cc(S(=O)(=O)N3CCCCC3CCC)ccc1C2=O. The first kappa shape index (κ1) is 29.1. The van der Waals surface area contributed by atoms with Crippen molar-refractivity contribution in [1.29, 1.82) is 0 Å². The van der Waals surface area contributed by atoms with E-state index >= 15 is 0 Å². The van der Waals surface area contributed by atoms with E-state index in [4.69, 9.17) is 0 Å². The summed E-state index contributed by atoms with van der Waals surface area (Å²) in [4.78, 5) is 27.1. The van der Waals surface area contributed by atoms with Crippen LogP contribution < -0.4 is 0 Å². The Labute approximate surface area is 237 Å². The summed E-state index contributed by atoms with van der Waals surface area (Å²) >= 11 is 0. The maximum absolute atomic E-state index is 13.7. The van der Waals surface area contributed by atoms with Gasteiger partial charge in [-0.3, -0.25) is 9.59 Å². The molecule has 2 aliphatic heterocycles. The van der Waals surface area contributed by atoms with Crippen molar-refractivity contribution in [1.82, 2.24) is 8.61 Å². The van der Waals surface area contributed by atoms with Crippen LogP contribution in [0.25, 0.3) is 0 Å². The van der Waals surface area contributed by atoms with E-state index in [2.05, 4.69) is 0 Å². The van der Waals surface area contributed by atoms with Crippen molar-refractivity contribution >= 4 is 31.6 Å². The van der Waals surface area contributed by atoms with Gasteiger partial charge in [0.25, 0.3) is 0 Å². The number of nitrogens with zero attached hydrogens (tertiary/aromatic N) is 2. The van der Waals surface area contributed by atoms with Crippen molar-refractivity contribution < 1.29 is 26.4 Å². The molecule has 2 atom stereocenters. The second-order valence-electron chi connectivity index (χ2n) is 11.2. The lowest BCUT2D eigenvalue weighted by atomic mass is 9.84. The lowest BCUT2D eigenvalue weighted by Gasteiger charge is -2.35. The first-order valence-corrected chi connectivity index (χ1v) is 17.4. The molecule has 40 heavy (non-hydrogen) atoms. The molecule has 2 aromatic rings. The molecule has 8 nitrogen and oxygen atoms in total. The first-order chi connectivity index (χ1) is 19.1. The number of rotatable bonds is 8. The normalized spacial score (nSPS) is 22.6. The first-order valence-electron chi connectivity index (χ1n) is 14.5. The molecule has 0 amide bonds. The average Bonchev–Trinajstić information content (AvgIpc) is 2.96. The molecule has 2 aromatic carbocycles. The summed E-state index contributed by atoms with van der Waals surface area (Å²) in [6, 6.07) is 8.07. The summed E-state index contributed by atoms with van der Waals surface area (Å²) in [5, 5.41) is 0. The van der Waals surface area contributed by atoms with Gasteiger partial charge < -0.3 is 0 Å². The topological polar surface area (TPSA) is 109 Å². The van der Waals surface area contributed by atoms with E-state index in [9.17, 15) is 26.4 Å². The number of carbonyl (C=O) groups is 2. The zero-order valence-electron chi connectivity index (χ0n) is 23.3. The molecule has 0 saturated carbocycles. The van der Waals surface area contributed by atoms with Gasteiger partial charge in [0, 0.05) is 47.4 Å². The van der Waals surface area contributed by atoms with Crippen molar-refractivity contribution in [3.8, 4) is 0 Å². The smallest absolute Gasteiger partial charge is 0.243 e. The zero-order chi connectivity index (χ0) is 28.7. The molecule has 216 valence electrons. The fourth-order valence-corrected chi connectivity index (χ4v) is 10.0. The third-order valence-electron chi connectivity index (χ3n) is 8.56. The number of ketones is 2. The Bertz CT molecular complexity index is 1420. The number of benzene rings is 2. The fourth-order valence-electron chi connectivity index (χ4n) is 6.52. The molecule has 2 fully saturated rings. The number of hydrogen-bond acceptors (Lipinski definition) is 6. The van der Waals surface area contributed by atoms with Crippen molar-refractivity contribution in [3.63, 3.8) is 0 Å². The molecular formula is C30H38N2O6S2. The molecule has 2 heterocycles. The van der Waals surface area contributed by atoms with Gasteiger partial charge in [-0.1, -0.05) is 39.5 Å². The third kappa shape index (κ3) is 5.08. The van der Waals surface area contributed by atoms with E-state index in [1.807, 2.05) is 13.8 Å². The van der Waals surface area contributed by atoms with Crippen LogP contribution in [0.1, 0.15) is 110 Å².